The zero-order chi connectivity index (χ0) is 11.8. The average molecular weight is 296 g/mol. The number of benzene rings is 1. The third kappa shape index (κ3) is 6.69. The molecule has 0 heterocycles. The first kappa shape index (κ1) is 19.4. The Kier molecular flexibility index (Phi) is 12.0. The molecule has 18 heavy (non-hydrogen) atoms. The Morgan fingerprint density at radius 1 is 1.17 bits per heavy atom. The lowest BCUT2D eigenvalue weighted by Gasteiger charge is -2.08. The number of hydrogen-bond acceptors (Lipinski definition) is 3. The molecule has 0 radical (unpaired) electrons. The molecule has 4 nitrogen and oxygen atoms in total. The number of methoxy groups -OCH3 is 1. The lowest BCUT2D eigenvalue weighted by molar-refractivity contribution is 0.0996. The minimum absolute atomic E-state index is 0. The van der Waals surface area contributed by atoms with Gasteiger partial charge in [0.15, 0.2) is 0 Å². The summed E-state index contributed by atoms with van der Waals surface area (Å²) < 4.78 is 10.4. The second-order valence-electron chi connectivity index (χ2n) is 3.41. The maximum absolute atomic E-state index is 11.1. The van der Waals surface area contributed by atoms with Crippen LogP contribution in [0.2, 0.25) is 0 Å². The van der Waals surface area contributed by atoms with E-state index in [2.05, 4.69) is 0 Å². The summed E-state index contributed by atoms with van der Waals surface area (Å²) in [6.07, 6.45) is 1.83. The van der Waals surface area contributed by atoms with Gasteiger partial charge in [-0.2, -0.15) is 0 Å². The highest BCUT2D eigenvalue weighted by molar-refractivity contribution is 5.95. The highest BCUT2D eigenvalue weighted by Crippen LogP contribution is 2.17. The molecule has 1 aromatic carbocycles. The molecule has 0 fully saturated rings. The summed E-state index contributed by atoms with van der Waals surface area (Å²) in [5.41, 5.74) is 5.65. The van der Waals surface area contributed by atoms with E-state index in [0.29, 0.717) is 17.9 Å². The predicted octanol–water partition coefficient (Wildman–Crippen LogP) is 2.43. The van der Waals surface area contributed by atoms with Crippen molar-refractivity contribution in [1.29, 1.82) is 0 Å². The Bertz CT molecular complexity index is 348. The lowest BCUT2D eigenvalue weighted by Crippen LogP contribution is -2.13. The Hall–Kier alpha value is -0.970. The van der Waals surface area contributed by atoms with Crippen LogP contribution in [0.1, 0.15) is 23.2 Å². The first-order valence-electron chi connectivity index (χ1n) is 5.26. The van der Waals surface area contributed by atoms with Gasteiger partial charge < -0.3 is 15.2 Å². The highest BCUT2D eigenvalue weighted by atomic mass is 35.5. The Labute approximate surface area is 120 Å². The number of primary amides is 1. The van der Waals surface area contributed by atoms with Gasteiger partial charge in [0, 0.05) is 13.7 Å². The molecule has 0 unspecified atom stereocenters. The molecule has 0 atom stereocenters. The molecule has 1 amide bonds. The third-order valence-electron chi connectivity index (χ3n) is 2.15. The maximum Gasteiger partial charge on any atom is 0.252 e. The number of unbranched alkanes of at least 4 members (excludes halogenated alkanes) is 1. The van der Waals surface area contributed by atoms with Crippen molar-refractivity contribution in [2.45, 2.75) is 12.8 Å². The fourth-order valence-corrected chi connectivity index (χ4v) is 1.33. The van der Waals surface area contributed by atoms with Crippen molar-refractivity contribution in [3.05, 3.63) is 29.8 Å². The molecule has 0 spiro atoms. The van der Waals surface area contributed by atoms with Crippen LogP contribution in [-0.4, -0.2) is 26.2 Å². The van der Waals surface area contributed by atoms with Gasteiger partial charge in [-0.1, -0.05) is 12.1 Å². The highest BCUT2D eigenvalue weighted by Gasteiger charge is 2.07. The van der Waals surface area contributed by atoms with E-state index >= 15 is 0 Å². The number of halogens is 2. The first-order chi connectivity index (χ1) is 7.75. The SMILES string of the molecule is COCCCCOc1ccccc1C(N)=O.Cl.Cl. The molecule has 6 heteroatoms. The Morgan fingerprint density at radius 3 is 2.39 bits per heavy atom. The monoisotopic (exact) mass is 295 g/mol. The van der Waals surface area contributed by atoms with Crippen molar-refractivity contribution in [3.63, 3.8) is 0 Å². The summed E-state index contributed by atoms with van der Waals surface area (Å²) in [6.45, 7) is 1.29. The third-order valence-corrected chi connectivity index (χ3v) is 2.15. The van der Waals surface area contributed by atoms with Crippen LogP contribution in [0.25, 0.3) is 0 Å². The number of para-hydroxylation sites is 1. The van der Waals surface area contributed by atoms with Gasteiger partial charge in [-0.15, -0.1) is 24.8 Å². The first-order valence-corrected chi connectivity index (χ1v) is 5.26. The van der Waals surface area contributed by atoms with Gasteiger partial charge in [0.05, 0.1) is 12.2 Å². The summed E-state index contributed by atoms with van der Waals surface area (Å²) >= 11 is 0. The van der Waals surface area contributed by atoms with Crippen LogP contribution < -0.4 is 10.5 Å². The molecule has 0 saturated carbocycles. The molecule has 1 aromatic rings. The van der Waals surface area contributed by atoms with Gasteiger partial charge in [0.1, 0.15) is 5.75 Å². The van der Waals surface area contributed by atoms with Gasteiger partial charge in [-0.3, -0.25) is 4.79 Å². The molecule has 0 aromatic heterocycles. The molecule has 0 bridgehead atoms. The molecular formula is C12H19Cl2NO3. The van der Waals surface area contributed by atoms with E-state index in [1.807, 2.05) is 6.07 Å². The quantitative estimate of drug-likeness (QED) is 0.786. The van der Waals surface area contributed by atoms with Gasteiger partial charge in [-0.05, 0) is 25.0 Å². The molecule has 2 N–H and O–H groups in total. The number of nitrogens with two attached hydrogens (primary N) is 1. The molecular weight excluding hydrogens is 277 g/mol. The largest absolute Gasteiger partial charge is 0.493 e. The van der Waals surface area contributed by atoms with Crippen LogP contribution in [0, 0.1) is 0 Å². The normalized spacial score (nSPS) is 8.94. The second kappa shape index (κ2) is 11.1. The fourth-order valence-electron chi connectivity index (χ4n) is 1.33. The molecule has 0 saturated heterocycles. The summed E-state index contributed by atoms with van der Waals surface area (Å²) in [5, 5.41) is 0. The van der Waals surface area contributed by atoms with Crippen molar-refractivity contribution in [2.75, 3.05) is 20.3 Å². The van der Waals surface area contributed by atoms with Crippen molar-refractivity contribution in [2.24, 2.45) is 5.73 Å². The van der Waals surface area contributed by atoms with Crippen LogP contribution >= 0.6 is 24.8 Å². The molecule has 0 aliphatic carbocycles. The summed E-state index contributed by atoms with van der Waals surface area (Å²) in [6, 6.07) is 6.98. The van der Waals surface area contributed by atoms with Gasteiger partial charge >= 0.3 is 0 Å². The fraction of sp³-hybridized carbons (Fsp3) is 0.417. The van der Waals surface area contributed by atoms with E-state index in [-0.39, 0.29) is 24.8 Å². The van der Waals surface area contributed by atoms with E-state index in [4.69, 9.17) is 15.2 Å². The lowest BCUT2D eigenvalue weighted by atomic mass is 10.2. The number of amides is 1. The van der Waals surface area contributed by atoms with Crippen LogP contribution in [-0.2, 0) is 4.74 Å². The Morgan fingerprint density at radius 2 is 1.78 bits per heavy atom. The van der Waals surface area contributed by atoms with E-state index in [9.17, 15) is 4.79 Å². The van der Waals surface area contributed by atoms with Crippen LogP contribution in [0.3, 0.4) is 0 Å². The van der Waals surface area contributed by atoms with Crippen LogP contribution in [0.4, 0.5) is 0 Å². The zero-order valence-corrected chi connectivity index (χ0v) is 11.9. The van der Waals surface area contributed by atoms with E-state index in [1.54, 1.807) is 25.3 Å². The van der Waals surface area contributed by atoms with E-state index < -0.39 is 5.91 Å². The standard InChI is InChI=1S/C12H17NO3.2ClH/c1-15-8-4-5-9-16-11-7-3-2-6-10(11)12(13)14;;/h2-3,6-7H,4-5,8-9H2,1H3,(H2,13,14);2*1H. The topological polar surface area (TPSA) is 61.6 Å². The van der Waals surface area contributed by atoms with Crippen molar-refractivity contribution < 1.29 is 14.3 Å². The van der Waals surface area contributed by atoms with Gasteiger partial charge in [-0.25, -0.2) is 0 Å². The summed E-state index contributed by atoms with van der Waals surface area (Å²) in [7, 11) is 1.67. The minimum atomic E-state index is -0.465. The molecule has 0 aliphatic heterocycles. The summed E-state index contributed by atoms with van der Waals surface area (Å²) in [5.74, 6) is 0.0832. The van der Waals surface area contributed by atoms with Crippen molar-refractivity contribution in [3.8, 4) is 5.75 Å². The molecule has 104 valence electrons. The zero-order valence-electron chi connectivity index (χ0n) is 10.3. The number of carbonyl (C=O) groups excluding carboxylic acids is 1. The average Bonchev–Trinajstić information content (AvgIpc) is 2.29. The summed E-state index contributed by atoms with van der Waals surface area (Å²) in [4.78, 5) is 11.1. The minimum Gasteiger partial charge on any atom is -0.493 e. The Balaban J connectivity index is 0. The van der Waals surface area contributed by atoms with E-state index in [1.165, 1.54) is 0 Å². The van der Waals surface area contributed by atoms with Crippen molar-refractivity contribution in [1.82, 2.24) is 0 Å². The number of rotatable bonds is 7. The van der Waals surface area contributed by atoms with Gasteiger partial charge in [0.2, 0.25) is 0 Å². The number of hydrogen-bond donors (Lipinski definition) is 1. The van der Waals surface area contributed by atoms with Crippen LogP contribution in [0.5, 0.6) is 5.75 Å². The number of ether oxygens (including phenoxy) is 2. The van der Waals surface area contributed by atoms with Crippen molar-refractivity contribution >= 4 is 30.7 Å². The number of carbonyl (C=O) groups is 1. The maximum atomic E-state index is 11.1. The van der Waals surface area contributed by atoms with E-state index in [0.717, 1.165) is 19.4 Å². The van der Waals surface area contributed by atoms with Crippen LogP contribution in [0.15, 0.2) is 24.3 Å². The van der Waals surface area contributed by atoms with Gasteiger partial charge in [0.25, 0.3) is 5.91 Å². The molecule has 0 aliphatic rings. The second-order valence-corrected chi connectivity index (χ2v) is 3.41. The molecule has 1 rings (SSSR count). The smallest absolute Gasteiger partial charge is 0.252 e. The predicted molar refractivity (Wildman–Crippen MR) is 76.1 cm³/mol.